The van der Waals surface area contributed by atoms with Crippen LogP contribution in [0.2, 0.25) is 0 Å². The summed E-state index contributed by atoms with van der Waals surface area (Å²) in [5, 5.41) is 19.9. The quantitative estimate of drug-likeness (QED) is 0.623. The van der Waals surface area contributed by atoms with Gasteiger partial charge in [-0.2, -0.15) is 0 Å². The monoisotopic (exact) mass is 236 g/mol. The molecule has 0 radical (unpaired) electrons. The molecule has 1 rings (SSSR count). The van der Waals surface area contributed by atoms with E-state index in [2.05, 4.69) is 6.58 Å². The van der Waals surface area contributed by atoms with Crippen LogP contribution in [0, 0.1) is 0 Å². The number of methoxy groups -OCH3 is 1. The van der Waals surface area contributed by atoms with Crippen molar-refractivity contribution >= 4 is 5.78 Å². The van der Waals surface area contributed by atoms with Crippen molar-refractivity contribution in [2.24, 2.45) is 0 Å². The van der Waals surface area contributed by atoms with Gasteiger partial charge in [0, 0.05) is 17.5 Å². The number of phenols is 2. The van der Waals surface area contributed by atoms with Crippen molar-refractivity contribution in [3.63, 3.8) is 0 Å². The number of phenolic OH excluding ortho intramolecular Hbond substituents is 2. The molecule has 92 valence electrons. The summed E-state index contributed by atoms with van der Waals surface area (Å²) in [5.41, 5.74) is 0.361. The summed E-state index contributed by atoms with van der Waals surface area (Å²) in [6.07, 6.45) is 1.57. The molecule has 0 saturated carbocycles. The SMILES string of the molecule is C=CC(C)c1c(O)cc(OC)c(C(C)=O)c1O. The molecule has 0 aliphatic heterocycles. The Morgan fingerprint density at radius 2 is 2.12 bits per heavy atom. The van der Waals surface area contributed by atoms with Crippen LogP contribution in [-0.2, 0) is 0 Å². The fourth-order valence-electron chi connectivity index (χ4n) is 1.71. The number of Topliss-reactive ketones (excluding diaryl/α,β-unsaturated/α-hetero) is 1. The lowest BCUT2D eigenvalue weighted by atomic mass is 9.94. The molecule has 1 atom stereocenters. The zero-order valence-corrected chi connectivity index (χ0v) is 10.2. The van der Waals surface area contributed by atoms with Gasteiger partial charge in [0.05, 0.1) is 7.11 Å². The number of rotatable bonds is 4. The molecule has 0 bridgehead atoms. The highest BCUT2D eigenvalue weighted by molar-refractivity contribution is 6.00. The van der Waals surface area contributed by atoms with E-state index >= 15 is 0 Å². The minimum absolute atomic E-state index is 0.0778. The molecular formula is C13H16O4. The summed E-state index contributed by atoms with van der Waals surface area (Å²) in [7, 11) is 1.37. The van der Waals surface area contributed by atoms with Gasteiger partial charge in [-0.15, -0.1) is 6.58 Å². The van der Waals surface area contributed by atoms with E-state index in [1.165, 1.54) is 20.1 Å². The molecule has 4 heteroatoms. The first-order valence-corrected chi connectivity index (χ1v) is 5.20. The molecule has 0 spiro atoms. The van der Waals surface area contributed by atoms with E-state index in [-0.39, 0.29) is 40.1 Å². The number of ether oxygens (including phenoxy) is 1. The molecule has 0 aliphatic carbocycles. The Hall–Kier alpha value is -1.97. The molecule has 0 heterocycles. The number of ketones is 1. The number of aromatic hydroxyl groups is 2. The Balaban J connectivity index is 3.59. The van der Waals surface area contributed by atoms with Gasteiger partial charge < -0.3 is 14.9 Å². The zero-order valence-electron chi connectivity index (χ0n) is 10.2. The second kappa shape index (κ2) is 4.91. The van der Waals surface area contributed by atoms with Gasteiger partial charge in [0.2, 0.25) is 0 Å². The summed E-state index contributed by atoms with van der Waals surface area (Å²) in [5.74, 6) is -0.790. The second-order valence-electron chi connectivity index (χ2n) is 3.82. The highest BCUT2D eigenvalue weighted by Gasteiger charge is 2.23. The molecule has 4 nitrogen and oxygen atoms in total. The van der Waals surface area contributed by atoms with Gasteiger partial charge in [-0.25, -0.2) is 0 Å². The molecule has 1 aromatic rings. The standard InChI is InChI=1S/C13H16O4/c1-5-7(2)11-9(15)6-10(17-4)12(8(3)14)13(11)16/h5-7,15-16H,1H2,2-4H3. The van der Waals surface area contributed by atoms with E-state index in [0.29, 0.717) is 0 Å². The summed E-state index contributed by atoms with van der Waals surface area (Å²) >= 11 is 0. The van der Waals surface area contributed by atoms with Crippen LogP contribution < -0.4 is 4.74 Å². The van der Waals surface area contributed by atoms with Crippen LogP contribution in [0.4, 0.5) is 0 Å². The number of carbonyl (C=O) groups excluding carboxylic acids is 1. The van der Waals surface area contributed by atoms with E-state index in [1.807, 2.05) is 0 Å². The topological polar surface area (TPSA) is 66.8 Å². The number of carbonyl (C=O) groups is 1. The van der Waals surface area contributed by atoms with E-state index in [0.717, 1.165) is 0 Å². The third-order valence-electron chi connectivity index (χ3n) is 2.66. The third kappa shape index (κ3) is 2.25. The van der Waals surface area contributed by atoms with Crippen molar-refractivity contribution in [1.82, 2.24) is 0 Å². The largest absolute Gasteiger partial charge is 0.507 e. The lowest BCUT2D eigenvalue weighted by molar-refractivity contribution is 0.101. The van der Waals surface area contributed by atoms with Crippen molar-refractivity contribution in [2.75, 3.05) is 7.11 Å². The first-order chi connectivity index (χ1) is 7.93. The first-order valence-electron chi connectivity index (χ1n) is 5.20. The molecule has 0 amide bonds. The maximum atomic E-state index is 11.5. The van der Waals surface area contributed by atoms with Gasteiger partial charge in [-0.3, -0.25) is 4.79 Å². The van der Waals surface area contributed by atoms with E-state index in [9.17, 15) is 15.0 Å². The predicted molar refractivity (Wildman–Crippen MR) is 64.9 cm³/mol. The van der Waals surface area contributed by atoms with Gasteiger partial charge in [0.25, 0.3) is 0 Å². The normalized spacial score (nSPS) is 11.9. The minimum atomic E-state index is -0.322. The maximum absolute atomic E-state index is 11.5. The molecule has 17 heavy (non-hydrogen) atoms. The highest BCUT2D eigenvalue weighted by Crippen LogP contribution is 2.42. The highest BCUT2D eigenvalue weighted by atomic mass is 16.5. The number of hydrogen-bond acceptors (Lipinski definition) is 4. The van der Waals surface area contributed by atoms with Crippen molar-refractivity contribution < 1.29 is 19.7 Å². The van der Waals surface area contributed by atoms with Crippen LogP contribution in [0.3, 0.4) is 0 Å². The molecule has 0 aromatic heterocycles. The smallest absolute Gasteiger partial charge is 0.167 e. The predicted octanol–water partition coefficient (Wildman–Crippen LogP) is 2.60. The van der Waals surface area contributed by atoms with Gasteiger partial charge in [0.1, 0.15) is 22.8 Å². The molecular weight excluding hydrogens is 220 g/mol. The number of allylic oxidation sites excluding steroid dienone is 1. The van der Waals surface area contributed by atoms with Crippen LogP contribution in [0.15, 0.2) is 18.7 Å². The van der Waals surface area contributed by atoms with Gasteiger partial charge in [-0.05, 0) is 6.92 Å². The molecule has 0 aliphatic rings. The fourth-order valence-corrected chi connectivity index (χ4v) is 1.71. The number of benzene rings is 1. The average Bonchev–Trinajstić information content (AvgIpc) is 2.26. The summed E-state index contributed by atoms with van der Waals surface area (Å²) in [4.78, 5) is 11.5. The Morgan fingerprint density at radius 1 is 1.53 bits per heavy atom. The Labute approximate surface area is 100 Å². The van der Waals surface area contributed by atoms with E-state index in [1.54, 1.807) is 13.0 Å². The van der Waals surface area contributed by atoms with Gasteiger partial charge >= 0.3 is 0 Å². The Kier molecular flexibility index (Phi) is 3.78. The van der Waals surface area contributed by atoms with Crippen molar-refractivity contribution in [2.45, 2.75) is 19.8 Å². The summed E-state index contributed by atoms with van der Waals surface area (Å²) in [6.45, 7) is 6.69. The maximum Gasteiger partial charge on any atom is 0.167 e. The van der Waals surface area contributed by atoms with Crippen molar-refractivity contribution in [3.8, 4) is 17.2 Å². The van der Waals surface area contributed by atoms with E-state index < -0.39 is 0 Å². The van der Waals surface area contributed by atoms with Crippen LogP contribution in [-0.4, -0.2) is 23.1 Å². The van der Waals surface area contributed by atoms with Crippen LogP contribution in [0.5, 0.6) is 17.2 Å². The summed E-state index contributed by atoms with van der Waals surface area (Å²) in [6, 6.07) is 1.33. The average molecular weight is 236 g/mol. The van der Waals surface area contributed by atoms with Crippen LogP contribution in [0.25, 0.3) is 0 Å². The van der Waals surface area contributed by atoms with Crippen LogP contribution >= 0.6 is 0 Å². The molecule has 2 N–H and O–H groups in total. The van der Waals surface area contributed by atoms with Gasteiger partial charge in [-0.1, -0.05) is 13.0 Å². The summed E-state index contributed by atoms with van der Waals surface area (Å²) < 4.78 is 4.97. The fraction of sp³-hybridized carbons (Fsp3) is 0.308. The molecule has 0 saturated heterocycles. The van der Waals surface area contributed by atoms with Crippen molar-refractivity contribution in [3.05, 3.63) is 29.8 Å². The molecule has 0 fully saturated rings. The lowest BCUT2D eigenvalue weighted by Gasteiger charge is -2.16. The third-order valence-corrected chi connectivity index (χ3v) is 2.66. The lowest BCUT2D eigenvalue weighted by Crippen LogP contribution is -2.02. The van der Waals surface area contributed by atoms with Gasteiger partial charge in [0.15, 0.2) is 5.78 Å². The molecule has 1 unspecified atom stereocenters. The first kappa shape index (κ1) is 13.1. The van der Waals surface area contributed by atoms with E-state index in [4.69, 9.17) is 4.74 Å². The second-order valence-corrected chi connectivity index (χ2v) is 3.82. The Bertz CT molecular complexity index is 463. The minimum Gasteiger partial charge on any atom is -0.507 e. The number of hydrogen-bond donors (Lipinski definition) is 2. The van der Waals surface area contributed by atoms with Crippen molar-refractivity contribution in [1.29, 1.82) is 0 Å². The zero-order chi connectivity index (χ0) is 13.2. The van der Waals surface area contributed by atoms with Crippen LogP contribution in [0.1, 0.15) is 35.7 Å². The molecule has 1 aromatic carbocycles. The Morgan fingerprint density at radius 3 is 2.53 bits per heavy atom.